The third-order valence-corrected chi connectivity index (χ3v) is 3.82. The van der Waals surface area contributed by atoms with Gasteiger partial charge in [0, 0.05) is 22.6 Å². The van der Waals surface area contributed by atoms with E-state index >= 15 is 0 Å². The van der Waals surface area contributed by atoms with E-state index in [-0.39, 0.29) is 24.4 Å². The summed E-state index contributed by atoms with van der Waals surface area (Å²) in [6.07, 6.45) is -0.337. The maximum atomic E-state index is 13.0. The van der Waals surface area contributed by atoms with Crippen LogP contribution in [0.5, 0.6) is 0 Å². The van der Waals surface area contributed by atoms with Crippen molar-refractivity contribution in [3.63, 3.8) is 0 Å². The summed E-state index contributed by atoms with van der Waals surface area (Å²) in [5.74, 6) is -3.53. The minimum atomic E-state index is -1.28. The first-order valence-electron chi connectivity index (χ1n) is 7.67. The van der Waals surface area contributed by atoms with Crippen LogP contribution in [0.25, 0.3) is 0 Å². The third kappa shape index (κ3) is 4.97. The van der Waals surface area contributed by atoms with E-state index in [1.807, 2.05) is 0 Å². The zero-order valence-corrected chi connectivity index (χ0v) is 14.3. The highest BCUT2D eigenvalue weighted by Crippen LogP contribution is 2.19. The lowest BCUT2D eigenvalue weighted by atomic mass is 9.91. The van der Waals surface area contributed by atoms with Crippen LogP contribution in [0.1, 0.15) is 34.1 Å². The molecule has 0 amide bonds. The Hall–Kier alpha value is -2.53. The van der Waals surface area contributed by atoms with Crippen molar-refractivity contribution in [1.82, 2.24) is 0 Å². The predicted octanol–water partition coefficient (Wildman–Crippen LogP) is 4.11. The number of ketones is 2. The van der Waals surface area contributed by atoms with Gasteiger partial charge in [0.05, 0.1) is 6.61 Å². The van der Waals surface area contributed by atoms with Crippen molar-refractivity contribution < 1.29 is 23.5 Å². The molecular formula is C19H16ClFO4. The van der Waals surface area contributed by atoms with E-state index in [1.54, 1.807) is 19.1 Å². The number of esters is 1. The molecule has 0 aliphatic heterocycles. The molecule has 130 valence electrons. The van der Waals surface area contributed by atoms with E-state index in [4.69, 9.17) is 16.3 Å². The van der Waals surface area contributed by atoms with Crippen molar-refractivity contribution >= 4 is 29.1 Å². The van der Waals surface area contributed by atoms with E-state index in [1.165, 1.54) is 24.3 Å². The number of hydrogen-bond donors (Lipinski definition) is 0. The zero-order valence-electron chi connectivity index (χ0n) is 13.5. The van der Waals surface area contributed by atoms with Gasteiger partial charge in [0.2, 0.25) is 0 Å². The summed E-state index contributed by atoms with van der Waals surface area (Å²) in [6, 6.07) is 10.9. The lowest BCUT2D eigenvalue weighted by Crippen LogP contribution is -2.29. The van der Waals surface area contributed by atoms with Gasteiger partial charge in [0.1, 0.15) is 11.7 Å². The highest BCUT2D eigenvalue weighted by molar-refractivity contribution is 6.30. The molecule has 0 N–H and O–H groups in total. The summed E-state index contributed by atoms with van der Waals surface area (Å²) >= 11 is 5.79. The van der Waals surface area contributed by atoms with Crippen LogP contribution >= 0.6 is 11.6 Å². The predicted molar refractivity (Wildman–Crippen MR) is 91.3 cm³/mol. The Morgan fingerprint density at radius 2 is 1.56 bits per heavy atom. The molecule has 0 aliphatic rings. The number of carbonyl (C=O) groups excluding carboxylic acids is 3. The number of benzene rings is 2. The summed E-state index contributed by atoms with van der Waals surface area (Å²) in [6.45, 7) is 1.69. The molecule has 6 heteroatoms. The van der Waals surface area contributed by atoms with Crippen molar-refractivity contribution in [2.75, 3.05) is 6.61 Å². The molecule has 0 aromatic heterocycles. The van der Waals surface area contributed by atoms with Crippen LogP contribution in [0, 0.1) is 11.7 Å². The second-order valence-electron chi connectivity index (χ2n) is 5.31. The monoisotopic (exact) mass is 362 g/mol. The molecule has 2 rings (SSSR count). The fourth-order valence-electron chi connectivity index (χ4n) is 2.28. The fraction of sp³-hybridized carbons (Fsp3) is 0.211. The van der Waals surface area contributed by atoms with Gasteiger partial charge in [-0.15, -0.1) is 0 Å². The molecule has 0 saturated carbocycles. The summed E-state index contributed by atoms with van der Waals surface area (Å²) < 4.78 is 17.9. The number of carbonyl (C=O) groups is 3. The second kappa shape index (κ2) is 8.53. The Kier molecular flexibility index (Phi) is 6.42. The van der Waals surface area contributed by atoms with Crippen molar-refractivity contribution in [1.29, 1.82) is 0 Å². The van der Waals surface area contributed by atoms with Crippen molar-refractivity contribution in [3.05, 3.63) is 70.5 Å². The van der Waals surface area contributed by atoms with Gasteiger partial charge in [-0.1, -0.05) is 11.6 Å². The number of rotatable bonds is 7. The fourth-order valence-corrected chi connectivity index (χ4v) is 2.41. The molecule has 0 bridgehead atoms. The zero-order chi connectivity index (χ0) is 18.4. The van der Waals surface area contributed by atoms with E-state index in [0.717, 1.165) is 12.1 Å². The quantitative estimate of drug-likeness (QED) is 0.422. The minimum Gasteiger partial charge on any atom is -0.465 e. The average Bonchev–Trinajstić information content (AvgIpc) is 2.60. The largest absolute Gasteiger partial charge is 0.465 e. The molecular weight excluding hydrogens is 347 g/mol. The number of ether oxygens (including phenoxy) is 1. The molecule has 0 unspecified atom stereocenters. The van der Waals surface area contributed by atoms with E-state index in [2.05, 4.69) is 0 Å². The topological polar surface area (TPSA) is 60.4 Å². The van der Waals surface area contributed by atoms with E-state index in [9.17, 15) is 18.8 Å². The molecule has 0 fully saturated rings. The number of hydrogen-bond acceptors (Lipinski definition) is 4. The van der Waals surface area contributed by atoms with Crippen molar-refractivity contribution in [2.45, 2.75) is 13.3 Å². The second-order valence-corrected chi connectivity index (χ2v) is 5.75. The average molecular weight is 363 g/mol. The first kappa shape index (κ1) is 18.8. The first-order chi connectivity index (χ1) is 11.9. The maximum Gasteiger partial charge on any atom is 0.317 e. The highest BCUT2D eigenvalue weighted by atomic mass is 35.5. The van der Waals surface area contributed by atoms with Crippen LogP contribution < -0.4 is 0 Å². The van der Waals surface area contributed by atoms with Crippen LogP contribution in [0.3, 0.4) is 0 Å². The Labute approximate surface area is 149 Å². The van der Waals surface area contributed by atoms with Crippen LogP contribution in [-0.2, 0) is 9.53 Å². The molecule has 2 aromatic carbocycles. The van der Waals surface area contributed by atoms with E-state index < -0.39 is 23.5 Å². The molecule has 1 atom stereocenters. The molecule has 2 aromatic rings. The summed E-state index contributed by atoms with van der Waals surface area (Å²) in [4.78, 5) is 37.2. The first-order valence-corrected chi connectivity index (χ1v) is 8.05. The summed E-state index contributed by atoms with van der Waals surface area (Å²) in [5.41, 5.74) is 0.481. The maximum absolute atomic E-state index is 13.0. The Balaban J connectivity index is 2.24. The summed E-state index contributed by atoms with van der Waals surface area (Å²) in [7, 11) is 0. The molecule has 25 heavy (non-hydrogen) atoms. The summed E-state index contributed by atoms with van der Waals surface area (Å²) in [5, 5.41) is 0.473. The van der Waals surface area contributed by atoms with Gasteiger partial charge in [0.15, 0.2) is 11.6 Å². The molecule has 0 saturated heterocycles. The van der Waals surface area contributed by atoms with Crippen LogP contribution in [0.15, 0.2) is 48.5 Å². The number of halogens is 2. The third-order valence-electron chi connectivity index (χ3n) is 3.57. The Morgan fingerprint density at radius 3 is 2.12 bits per heavy atom. The van der Waals surface area contributed by atoms with Crippen LogP contribution in [0.2, 0.25) is 5.02 Å². The van der Waals surface area contributed by atoms with Gasteiger partial charge >= 0.3 is 5.97 Å². The molecule has 0 spiro atoms. The van der Waals surface area contributed by atoms with Gasteiger partial charge in [-0.2, -0.15) is 0 Å². The van der Waals surface area contributed by atoms with Gasteiger partial charge < -0.3 is 4.74 Å². The molecule has 4 nitrogen and oxygen atoms in total. The van der Waals surface area contributed by atoms with Gasteiger partial charge in [-0.05, 0) is 55.5 Å². The smallest absolute Gasteiger partial charge is 0.317 e. The Bertz CT molecular complexity index is 769. The Morgan fingerprint density at radius 1 is 1.00 bits per heavy atom. The van der Waals surface area contributed by atoms with Crippen molar-refractivity contribution in [3.8, 4) is 0 Å². The highest BCUT2D eigenvalue weighted by Gasteiger charge is 2.31. The molecule has 0 aliphatic carbocycles. The van der Waals surface area contributed by atoms with Crippen LogP contribution in [0.4, 0.5) is 4.39 Å². The standard InChI is InChI=1S/C19H16ClFO4/c1-2-25-19(24)16(18(23)13-5-9-15(21)10-6-13)11-17(22)12-3-7-14(20)8-4-12/h3-10,16H,2,11H2,1H3/t16-/m0/s1. The lowest BCUT2D eigenvalue weighted by Gasteiger charge is -2.14. The molecule has 0 radical (unpaired) electrons. The normalized spacial score (nSPS) is 11.6. The minimum absolute atomic E-state index is 0.0845. The van der Waals surface area contributed by atoms with Gasteiger partial charge in [0.25, 0.3) is 0 Å². The van der Waals surface area contributed by atoms with E-state index in [0.29, 0.717) is 10.6 Å². The molecule has 0 heterocycles. The number of Topliss-reactive ketones (excluding diaryl/α,β-unsaturated/α-hetero) is 2. The SMILES string of the molecule is CCOC(=O)[C@@H](CC(=O)c1ccc(Cl)cc1)C(=O)c1ccc(F)cc1. The van der Waals surface area contributed by atoms with Crippen LogP contribution in [-0.4, -0.2) is 24.1 Å². The van der Waals surface area contributed by atoms with Gasteiger partial charge in [-0.3, -0.25) is 14.4 Å². The van der Waals surface area contributed by atoms with Gasteiger partial charge in [-0.25, -0.2) is 4.39 Å². The lowest BCUT2D eigenvalue weighted by molar-refractivity contribution is -0.146. The van der Waals surface area contributed by atoms with Crippen molar-refractivity contribution in [2.24, 2.45) is 5.92 Å².